The Balaban J connectivity index is 2.35. The smallest absolute Gasteiger partial charge is 0.119 e. The summed E-state index contributed by atoms with van der Waals surface area (Å²) < 4.78 is 10.6. The zero-order valence-electron chi connectivity index (χ0n) is 13.0. The lowest BCUT2D eigenvalue weighted by Crippen LogP contribution is -2.35. The maximum Gasteiger partial charge on any atom is 0.119 e. The van der Waals surface area contributed by atoms with E-state index in [1.54, 1.807) is 0 Å². The summed E-state index contributed by atoms with van der Waals surface area (Å²) in [5.74, 6) is 0.764. The molecule has 0 heterocycles. The summed E-state index contributed by atoms with van der Waals surface area (Å²) in [6.07, 6.45) is -0.586. The molecule has 0 aromatic heterocycles. The molecule has 2 N–H and O–H groups in total. The molecule has 0 aliphatic rings. The van der Waals surface area contributed by atoms with E-state index in [1.165, 1.54) is 5.56 Å². The highest BCUT2D eigenvalue weighted by Crippen LogP contribution is 2.13. The van der Waals surface area contributed by atoms with Gasteiger partial charge in [-0.25, -0.2) is 0 Å². The van der Waals surface area contributed by atoms with E-state index in [9.17, 15) is 5.11 Å². The van der Waals surface area contributed by atoms with Gasteiger partial charge in [0.05, 0.1) is 6.61 Å². The minimum atomic E-state index is -0.586. The zero-order valence-corrected chi connectivity index (χ0v) is 13.0. The Hall–Kier alpha value is -1.10. The number of nitrogens with one attached hydrogen (secondary N) is 1. The Morgan fingerprint density at radius 1 is 1.15 bits per heavy atom. The van der Waals surface area contributed by atoms with Crippen LogP contribution in [0.5, 0.6) is 5.75 Å². The third-order valence-electron chi connectivity index (χ3n) is 2.70. The summed E-state index contributed by atoms with van der Waals surface area (Å²) in [5.41, 5.74) is 1.32. The fourth-order valence-electron chi connectivity index (χ4n) is 1.57. The number of hydrogen-bond acceptors (Lipinski definition) is 4. The molecule has 0 fully saturated rings. The lowest BCUT2D eigenvalue weighted by atomic mass is 10.1. The number of benzene rings is 1. The van der Waals surface area contributed by atoms with Crippen LogP contribution in [0, 0.1) is 0 Å². The molecule has 0 saturated carbocycles. The first-order chi connectivity index (χ1) is 9.40. The summed E-state index contributed by atoms with van der Waals surface area (Å²) in [6.45, 7) is 10.3. The Labute approximate surface area is 122 Å². The number of rotatable bonds is 8. The average molecular weight is 281 g/mol. The molecular formula is C16H27NO3. The van der Waals surface area contributed by atoms with Crippen LogP contribution in [-0.2, 0) is 11.3 Å². The van der Waals surface area contributed by atoms with Crippen LogP contribution in [0.4, 0.5) is 0 Å². The van der Waals surface area contributed by atoms with E-state index in [0.717, 1.165) is 12.3 Å². The molecule has 0 aliphatic heterocycles. The molecule has 1 unspecified atom stereocenters. The van der Waals surface area contributed by atoms with Crippen molar-refractivity contribution in [2.75, 3.05) is 19.8 Å². The summed E-state index contributed by atoms with van der Waals surface area (Å²) >= 11 is 0. The monoisotopic (exact) mass is 281 g/mol. The van der Waals surface area contributed by atoms with Gasteiger partial charge in [-0.05, 0) is 45.4 Å². The first-order valence-corrected chi connectivity index (χ1v) is 7.13. The molecule has 1 rings (SSSR count). The molecule has 114 valence electrons. The molecule has 4 heteroatoms. The third-order valence-corrected chi connectivity index (χ3v) is 2.70. The normalized spacial score (nSPS) is 13.2. The number of ether oxygens (including phenoxy) is 2. The molecule has 1 aromatic carbocycles. The molecule has 0 spiro atoms. The van der Waals surface area contributed by atoms with Gasteiger partial charge < -0.3 is 19.9 Å². The van der Waals surface area contributed by atoms with Crippen molar-refractivity contribution in [1.29, 1.82) is 0 Å². The minimum absolute atomic E-state index is 0.110. The Bertz CT molecular complexity index is 370. The molecule has 0 saturated heterocycles. The van der Waals surface area contributed by atoms with Crippen molar-refractivity contribution in [2.45, 2.75) is 45.9 Å². The van der Waals surface area contributed by atoms with Crippen LogP contribution in [0.2, 0.25) is 0 Å². The van der Waals surface area contributed by atoms with E-state index >= 15 is 0 Å². The Kier molecular flexibility index (Phi) is 6.99. The second kappa shape index (κ2) is 8.25. The Morgan fingerprint density at radius 2 is 1.80 bits per heavy atom. The second-order valence-electron chi connectivity index (χ2n) is 5.87. The van der Waals surface area contributed by atoms with Crippen molar-refractivity contribution >= 4 is 0 Å². The minimum Gasteiger partial charge on any atom is -0.491 e. The molecule has 0 aliphatic carbocycles. The van der Waals surface area contributed by atoms with Crippen molar-refractivity contribution in [3.63, 3.8) is 0 Å². The quantitative estimate of drug-likeness (QED) is 0.768. The van der Waals surface area contributed by atoms with E-state index in [-0.39, 0.29) is 12.1 Å². The maximum atomic E-state index is 9.61. The predicted molar refractivity (Wildman–Crippen MR) is 81.0 cm³/mol. The Morgan fingerprint density at radius 3 is 2.35 bits per heavy atom. The fraction of sp³-hybridized carbons (Fsp3) is 0.625. The molecule has 4 nitrogen and oxygen atoms in total. The van der Waals surface area contributed by atoms with Crippen molar-refractivity contribution in [1.82, 2.24) is 5.32 Å². The number of aliphatic hydroxyl groups excluding tert-OH is 1. The molecule has 20 heavy (non-hydrogen) atoms. The largest absolute Gasteiger partial charge is 0.491 e. The van der Waals surface area contributed by atoms with E-state index < -0.39 is 6.10 Å². The summed E-state index contributed by atoms with van der Waals surface area (Å²) in [5, 5.41) is 13.0. The SMILES string of the molecule is CCOCC(O)COc1ccc(CNC(C)(C)C)cc1. The summed E-state index contributed by atoms with van der Waals surface area (Å²) in [7, 11) is 0. The fourth-order valence-corrected chi connectivity index (χ4v) is 1.57. The highest BCUT2D eigenvalue weighted by atomic mass is 16.5. The van der Waals surface area contributed by atoms with E-state index in [2.05, 4.69) is 26.1 Å². The molecule has 0 amide bonds. The van der Waals surface area contributed by atoms with Crippen LogP contribution < -0.4 is 10.1 Å². The van der Waals surface area contributed by atoms with E-state index in [1.807, 2.05) is 31.2 Å². The highest BCUT2D eigenvalue weighted by molar-refractivity contribution is 5.27. The van der Waals surface area contributed by atoms with Gasteiger partial charge in [0.15, 0.2) is 0 Å². The first kappa shape index (κ1) is 17.0. The van der Waals surface area contributed by atoms with Crippen LogP contribution in [0.25, 0.3) is 0 Å². The van der Waals surface area contributed by atoms with Crippen LogP contribution in [0.3, 0.4) is 0 Å². The van der Waals surface area contributed by atoms with Crippen LogP contribution in [0.15, 0.2) is 24.3 Å². The lowest BCUT2D eigenvalue weighted by molar-refractivity contribution is 0.0164. The van der Waals surface area contributed by atoms with Gasteiger partial charge in [-0.1, -0.05) is 12.1 Å². The molecular weight excluding hydrogens is 254 g/mol. The van der Waals surface area contributed by atoms with Gasteiger partial charge >= 0.3 is 0 Å². The topological polar surface area (TPSA) is 50.7 Å². The lowest BCUT2D eigenvalue weighted by Gasteiger charge is -2.20. The van der Waals surface area contributed by atoms with Gasteiger partial charge in [-0.3, -0.25) is 0 Å². The van der Waals surface area contributed by atoms with Gasteiger partial charge in [0.2, 0.25) is 0 Å². The summed E-state index contributed by atoms with van der Waals surface area (Å²) in [6, 6.07) is 7.91. The van der Waals surface area contributed by atoms with Crippen molar-refractivity contribution in [3.05, 3.63) is 29.8 Å². The van der Waals surface area contributed by atoms with Crippen molar-refractivity contribution in [2.24, 2.45) is 0 Å². The molecule has 1 aromatic rings. The van der Waals surface area contributed by atoms with Crippen LogP contribution >= 0.6 is 0 Å². The third kappa shape index (κ3) is 7.48. The van der Waals surface area contributed by atoms with Crippen molar-refractivity contribution < 1.29 is 14.6 Å². The number of hydrogen-bond donors (Lipinski definition) is 2. The molecule has 0 bridgehead atoms. The number of aliphatic hydroxyl groups is 1. The maximum absolute atomic E-state index is 9.61. The molecule has 1 atom stereocenters. The van der Waals surface area contributed by atoms with E-state index in [0.29, 0.717) is 13.2 Å². The molecule has 0 radical (unpaired) electrons. The van der Waals surface area contributed by atoms with Gasteiger partial charge in [0, 0.05) is 18.7 Å². The first-order valence-electron chi connectivity index (χ1n) is 7.13. The second-order valence-corrected chi connectivity index (χ2v) is 5.87. The van der Waals surface area contributed by atoms with Crippen molar-refractivity contribution in [3.8, 4) is 5.75 Å². The summed E-state index contributed by atoms with van der Waals surface area (Å²) in [4.78, 5) is 0. The van der Waals surface area contributed by atoms with Gasteiger partial charge in [-0.2, -0.15) is 0 Å². The highest BCUT2D eigenvalue weighted by Gasteiger charge is 2.08. The van der Waals surface area contributed by atoms with Gasteiger partial charge in [0.1, 0.15) is 18.5 Å². The van der Waals surface area contributed by atoms with Crippen LogP contribution in [0.1, 0.15) is 33.3 Å². The standard InChI is InChI=1S/C16H27NO3/c1-5-19-11-14(18)12-20-15-8-6-13(7-9-15)10-17-16(2,3)4/h6-9,14,17-18H,5,10-12H2,1-4H3. The van der Waals surface area contributed by atoms with Gasteiger partial charge in [-0.15, -0.1) is 0 Å². The van der Waals surface area contributed by atoms with Crippen LogP contribution in [-0.4, -0.2) is 36.6 Å². The predicted octanol–water partition coefficient (Wildman–Crippen LogP) is 2.35. The van der Waals surface area contributed by atoms with E-state index in [4.69, 9.17) is 9.47 Å². The average Bonchev–Trinajstić information content (AvgIpc) is 2.41. The zero-order chi connectivity index (χ0) is 15.0. The van der Waals surface area contributed by atoms with Gasteiger partial charge in [0.25, 0.3) is 0 Å².